The maximum Gasteiger partial charge on any atom is 0.271 e. The van der Waals surface area contributed by atoms with Crippen molar-refractivity contribution in [2.24, 2.45) is 0 Å². The zero-order valence-corrected chi connectivity index (χ0v) is 24.1. The van der Waals surface area contributed by atoms with E-state index in [0.29, 0.717) is 29.0 Å². The van der Waals surface area contributed by atoms with Crippen LogP contribution in [-0.2, 0) is 25.2 Å². The van der Waals surface area contributed by atoms with Gasteiger partial charge in [0.15, 0.2) is 6.29 Å². The van der Waals surface area contributed by atoms with Crippen molar-refractivity contribution in [1.82, 2.24) is 10.3 Å². The minimum absolute atomic E-state index is 0.156. The molecule has 0 aliphatic rings. The summed E-state index contributed by atoms with van der Waals surface area (Å²) in [6.45, 7) is 3.99. The lowest BCUT2D eigenvalue weighted by molar-refractivity contribution is -0.101. The highest BCUT2D eigenvalue weighted by Gasteiger charge is 2.24. The molecule has 202 valence electrons. The molecule has 0 aliphatic heterocycles. The number of thioether (sulfide) groups is 1. The van der Waals surface area contributed by atoms with Crippen LogP contribution in [0.4, 0.5) is 5.69 Å². The van der Waals surface area contributed by atoms with Gasteiger partial charge in [0, 0.05) is 31.9 Å². The van der Waals surface area contributed by atoms with Crippen LogP contribution in [0.1, 0.15) is 27.2 Å². The average Bonchev–Trinajstić information content (AvgIpc) is 3.56. The number of anilines is 1. The highest BCUT2D eigenvalue weighted by atomic mass is 32.2. The molecule has 2 aromatic carbocycles. The van der Waals surface area contributed by atoms with Crippen LogP contribution in [0.15, 0.2) is 64.2 Å². The Morgan fingerprint density at radius 1 is 1.05 bits per heavy atom. The number of thiophene rings is 1. The third kappa shape index (κ3) is 6.41. The predicted molar refractivity (Wildman–Crippen MR) is 155 cm³/mol. The van der Waals surface area contributed by atoms with E-state index >= 15 is 0 Å². The number of rotatable bonds is 12. The van der Waals surface area contributed by atoms with E-state index in [-0.39, 0.29) is 15.4 Å². The van der Waals surface area contributed by atoms with Crippen LogP contribution >= 0.6 is 23.1 Å². The number of aromatic nitrogens is 1. The number of nitrogens with one attached hydrogen (secondary N) is 3. The largest absolute Gasteiger partial charge is 0.355 e. The van der Waals surface area contributed by atoms with E-state index in [1.54, 1.807) is 56.5 Å². The van der Waals surface area contributed by atoms with Gasteiger partial charge < -0.3 is 19.8 Å². The van der Waals surface area contributed by atoms with E-state index in [9.17, 15) is 13.2 Å². The Hall–Kier alpha value is -2.83. The first-order valence-electron chi connectivity index (χ1n) is 11.9. The van der Waals surface area contributed by atoms with Crippen molar-refractivity contribution in [2.45, 2.75) is 35.3 Å². The number of benzene rings is 2. The number of carbonyl (C=O) groups is 1. The summed E-state index contributed by atoms with van der Waals surface area (Å²) in [4.78, 5) is 16.3. The summed E-state index contributed by atoms with van der Waals surface area (Å²) in [5.74, 6) is 0.434. The number of H-pyrrole nitrogens is 1. The molecule has 2 aromatic heterocycles. The smallest absolute Gasteiger partial charge is 0.271 e. The van der Waals surface area contributed by atoms with E-state index in [1.165, 1.54) is 5.56 Å². The molecule has 0 saturated heterocycles. The monoisotopic (exact) mass is 573 g/mol. The molecular formula is C27H31N3O5S3. The second kappa shape index (κ2) is 12.4. The molecule has 1 atom stereocenters. The molecule has 4 aromatic rings. The van der Waals surface area contributed by atoms with E-state index in [1.807, 2.05) is 31.2 Å². The quantitative estimate of drug-likeness (QED) is 0.199. The van der Waals surface area contributed by atoms with Crippen LogP contribution in [0.2, 0.25) is 0 Å². The van der Waals surface area contributed by atoms with E-state index in [2.05, 4.69) is 27.2 Å². The van der Waals surface area contributed by atoms with Gasteiger partial charge in [-0.05, 0) is 54.1 Å². The SMILES string of the molecule is COC(OC)C(CNC(=O)c1cc2c(C)ccc(NS(=O)(=O)c3sccc3C)c2[nH]1)SCc1ccccc1. The van der Waals surface area contributed by atoms with Gasteiger partial charge in [-0.1, -0.05) is 36.4 Å². The van der Waals surface area contributed by atoms with Gasteiger partial charge in [0.25, 0.3) is 15.9 Å². The lowest BCUT2D eigenvalue weighted by Crippen LogP contribution is -2.39. The number of amides is 1. The summed E-state index contributed by atoms with van der Waals surface area (Å²) in [5, 5.41) is 5.33. The molecule has 8 nitrogen and oxygen atoms in total. The third-order valence-corrected chi connectivity index (χ3v) is 10.5. The van der Waals surface area contributed by atoms with Gasteiger partial charge in [-0.3, -0.25) is 9.52 Å². The summed E-state index contributed by atoms with van der Waals surface area (Å²) in [5.41, 5.74) is 4.03. The van der Waals surface area contributed by atoms with Crippen molar-refractivity contribution in [3.63, 3.8) is 0 Å². The molecule has 1 unspecified atom stereocenters. The summed E-state index contributed by atoms with van der Waals surface area (Å²) >= 11 is 2.80. The van der Waals surface area contributed by atoms with Crippen molar-refractivity contribution in [2.75, 3.05) is 25.5 Å². The van der Waals surface area contributed by atoms with Gasteiger partial charge in [0.05, 0.1) is 16.5 Å². The van der Waals surface area contributed by atoms with Crippen molar-refractivity contribution in [1.29, 1.82) is 0 Å². The maximum atomic E-state index is 13.2. The molecule has 0 aliphatic carbocycles. The second-order valence-corrected chi connectivity index (χ2v) is 12.8. The molecule has 1 amide bonds. The van der Waals surface area contributed by atoms with Crippen LogP contribution in [-0.4, -0.2) is 51.6 Å². The number of aromatic amines is 1. The second-order valence-electron chi connectivity index (χ2n) is 8.78. The fraction of sp³-hybridized carbons (Fsp3) is 0.296. The minimum atomic E-state index is -3.76. The van der Waals surface area contributed by atoms with Crippen LogP contribution in [0.5, 0.6) is 0 Å². The lowest BCUT2D eigenvalue weighted by Gasteiger charge is -2.24. The summed E-state index contributed by atoms with van der Waals surface area (Å²) < 4.78 is 39.9. The molecule has 11 heteroatoms. The molecule has 0 spiro atoms. The number of hydrogen-bond acceptors (Lipinski definition) is 7. The molecule has 4 rings (SSSR count). The standard InChI is InChI=1S/C27H31N3O5S3/c1-17-10-11-21(30-38(32,33)27-18(2)12-13-36-27)24-20(17)14-22(29-24)25(31)28-15-23(26(34-3)35-4)37-16-19-8-6-5-7-9-19/h5-14,23,26,29-30H,15-16H2,1-4H3,(H,28,31). The first-order chi connectivity index (χ1) is 18.2. The van der Waals surface area contributed by atoms with Gasteiger partial charge >= 0.3 is 0 Å². The number of carbonyl (C=O) groups excluding carboxylic acids is 1. The molecule has 0 fully saturated rings. The Morgan fingerprint density at radius 2 is 1.79 bits per heavy atom. The molecule has 0 bridgehead atoms. The summed E-state index contributed by atoms with van der Waals surface area (Å²) in [7, 11) is -0.612. The van der Waals surface area contributed by atoms with Gasteiger partial charge in [0.1, 0.15) is 9.90 Å². The Labute approximate surface area is 231 Å². The van der Waals surface area contributed by atoms with Crippen LogP contribution in [0, 0.1) is 13.8 Å². The van der Waals surface area contributed by atoms with Crippen LogP contribution in [0.25, 0.3) is 10.9 Å². The Bertz CT molecular complexity index is 1490. The molecule has 3 N–H and O–H groups in total. The zero-order valence-electron chi connectivity index (χ0n) is 21.6. The Kier molecular flexibility index (Phi) is 9.16. The van der Waals surface area contributed by atoms with E-state index in [4.69, 9.17) is 9.47 Å². The summed E-state index contributed by atoms with van der Waals surface area (Å²) in [6, 6.07) is 17.1. The van der Waals surface area contributed by atoms with Crippen molar-refractivity contribution in [3.05, 3.63) is 82.4 Å². The van der Waals surface area contributed by atoms with E-state index < -0.39 is 16.3 Å². The number of methoxy groups -OCH3 is 2. The van der Waals surface area contributed by atoms with Gasteiger partial charge in [0.2, 0.25) is 0 Å². The molecular weight excluding hydrogens is 543 g/mol. The Morgan fingerprint density at radius 3 is 2.45 bits per heavy atom. The predicted octanol–water partition coefficient (Wildman–Crippen LogP) is 5.30. The van der Waals surface area contributed by atoms with Crippen molar-refractivity contribution in [3.8, 4) is 0 Å². The summed E-state index contributed by atoms with van der Waals surface area (Å²) in [6.07, 6.45) is -0.504. The highest BCUT2D eigenvalue weighted by Crippen LogP contribution is 2.31. The molecule has 38 heavy (non-hydrogen) atoms. The van der Waals surface area contributed by atoms with Crippen LogP contribution < -0.4 is 10.0 Å². The topological polar surface area (TPSA) is 110 Å². The lowest BCUT2D eigenvalue weighted by atomic mass is 10.1. The number of hydrogen-bond donors (Lipinski definition) is 3. The Balaban J connectivity index is 1.52. The number of ether oxygens (including phenoxy) is 2. The van der Waals surface area contributed by atoms with Crippen LogP contribution in [0.3, 0.4) is 0 Å². The zero-order chi connectivity index (χ0) is 27.3. The van der Waals surface area contributed by atoms with Gasteiger partial charge in [-0.25, -0.2) is 8.42 Å². The maximum absolute atomic E-state index is 13.2. The minimum Gasteiger partial charge on any atom is -0.355 e. The normalized spacial score (nSPS) is 12.7. The van der Waals surface area contributed by atoms with Crippen molar-refractivity contribution < 1.29 is 22.7 Å². The number of fused-ring (bicyclic) bond motifs is 1. The number of aryl methyl sites for hydroxylation is 2. The van der Waals surface area contributed by atoms with Crippen molar-refractivity contribution >= 4 is 55.6 Å². The molecule has 0 radical (unpaired) electrons. The third-order valence-electron chi connectivity index (χ3n) is 6.10. The fourth-order valence-electron chi connectivity index (χ4n) is 4.09. The molecule has 0 saturated carbocycles. The number of sulfonamides is 1. The van der Waals surface area contributed by atoms with E-state index in [0.717, 1.165) is 28.0 Å². The average molecular weight is 574 g/mol. The van der Waals surface area contributed by atoms with Gasteiger partial charge in [-0.2, -0.15) is 0 Å². The first-order valence-corrected chi connectivity index (χ1v) is 15.3. The first kappa shape index (κ1) is 28.2. The fourth-order valence-corrected chi connectivity index (χ4v) is 7.76. The van der Waals surface area contributed by atoms with Gasteiger partial charge in [-0.15, -0.1) is 23.1 Å². The molecule has 2 heterocycles. The highest BCUT2D eigenvalue weighted by molar-refractivity contribution is 7.99.